The predicted molar refractivity (Wildman–Crippen MR) is 135 cm³/mol. The Kier molecular flexibility index (Phi) is 6.40. The second-order valence-electron chi connectivity index (χ2n) is 10.1. The van der Waals surface area contributed by atoms with Crippen LogP contribution in [0.5, 0.6) is 0 Å². The Morgan fingerprint density at radius 2 is 1.91 bits per heavy atom. The molecule has 0 saturated heterocycles. The number of nitrogens with zero attached hydrogens (tertiary/aromatic N) is 5. The standard InChI is InChI=1S/C25H35N5O2S/c1-17(29-16-19(30-13-7-12-26-30)14-22(24(29)32)33(5)6)10-11-25(2,3)20-15-21(18-8-9-18)27-28(4)23(20)31/h7,12-18,33H,8-11H2,1-6H3. The van der Waals surface area contributed by atoms with E-state index in [1.165, 1.54) is 4.68 Å². The van der Waals surface area contributed by atoms with E-state index in [1.54, 1.807) is 17.9 Å². The van der Waals surface area contributed by atoms with Gasteiger partial charge in [-0.15, -0.1) is 0 Å². The third-order valence-electron chi connectivity index (χ3n) is 6.73. The van der Waals surface area contributed by atoms with Crippen LogP contribution in [0.15, 0.2) is 51.3 Å². The van der Waals surface area contributed by atoms with Crippen LogP contribution in [-0.2, 0) is 12.5 Å². The van der Waals surface area contributed by atoms with Crippen molar-refractivity contribution in [1.29, 1.82) is 0 Å². The zero-order chi connectivity index (χ0) is 23.9. The van der Waals surface area contributed by atoms with Crippen molar-refractivity contribution in [3.8, 4) is 5.69 Å². The van der Waals surface area contributed by atoms with Gasteiger partial charge in [0.25, 0.3) is 11.1 Å². The van der Waals surface area contributed by atoms with Gasteiger partial charge in [-0.25, -0.2) is 20.3 Å². The molecule has 3 aromatic rings. The van der Waals surface area contributed by atoms with Crippen molar-refractivity contribution in [2.45, 2.75) is 68.7 Å². The van der Waals surface area contributed by atoms with Crippen LogP contribution in [0.25, 0.3) is 5.69 Å². The minimum atomic E-state index is -0.555. The number of thiol groups is 1. The van der Waals surface area contributed by atoms with Gasteiger partial charge in [0.05, 0.1) is 16.3 Å². The number of rotatable bonds is 8. The largest absolute Gasteiger partial charge is 0.310 e. The third kappa shape index (κ3) is 4.86. The zero-order valence-corrected chi connectivity index (χ0v) is 21.3. The summed E-state index contributed by atoms with van der Waals surface area (Å²) in [5.74, 6) is 0.491. The lowest BCUT2D eigenvalue weighted by atomic mass is 9.80. The normalized spacial score (nSPS) is 15.5. The van der Waals surface area contributed by atoms with Crippen molar-refractivity contribution < 1.29 is 0 Å². The Hall–Kier alpha value is -2.61. The quantitative estimate of drug-likeness (QED) is 0.507. The molecule has 8 heteroatoms. The molecule has 3 heterocycles. The maximum atomic E-state index is 13.3. The minimum absolute atomic E-state index is 0.00502. The van der Waals surface area contributed by atoms with Gasteiger partial charge < -0.3 is 4.57 Å². The van der Waals surface area contributed by atoms with E-state index in [0.717, 1.165) is 47.5 Å². The SMILES string of the molecule is CC(CCC(C)(C)c1cc(C2CC2)nn(C)c1=O)n1cc(-n2cccn2)cc([SH](C)C)c1=O. The fourth-order valence-corrected chi connectivity index (χ4v) is 5.19. The van der Waals surface area contributed by atoms with Gasteiger partial charge in [-0.05, 0) is 68.7 Å². The molecule has 4 rings (SSSR count). The highest BCUT2D eigenvalue weighted by atomic mass is 32.2. The number of aryl methyl sites for hydroxylation is 1. The molecule has 0 spiro atoms. The molecule has 1 aliphatic carbocycles. The highest BCUT2D eigenvalue weighted by molar-refractivity contribution is 8.15. The van der Waals surface area contributed by atoms with E-state index in [9.17, 15) is 9.59 Å². The summed E-state index contributed by atoms with van der Waals surface area (Å²) < 4.78 is 5.14. The molecule has 1 saturated carbocycles. The highest BCUT2D eigenvalue weighted by Gasteiger charge is 2.31. The summed E-state index contributed by atoms with van der Waals surface area (Å²) in [7, 11) is 1.19. The molecule has 178 valence electrons. The van der Waals surface area contributed by atoms with Crippen LogP contribution in [0.2, 0.25) is 0 Å². The third-order valence-corrected chi connectivity index (χ3v) is 8.01. The first-order chi connectivity index (χ1) is 15.6. The van der Waals surface area contributed by atoms with Crippen molar-refractivity contribution in [2.24, 2.45) is 7.05 Å². The van der Waals surface area contributed by atoms with Gasteiger partial charge in [0, 0.05) is 43.2 Å². The summed E-state index contributed by atoms with van der Waals surface area (Å²) >= 11 is 0. The fraction of sp³-hybridized carbons (Fsp3) is 0.520. The Labute approximate surface area is 197 Å². The molecule has 33 heavy (non-hydrogen) atoms. The van der Waals surface area contributed by atoms with Crippen LogP contribution in [0.4, 0.5) is 0 Å². The molecule has 0 radical (unpaired) electrons. The highest BCUT2D eigenvalue weighted by Crippen LogP contribution is 2.40. The van der Waals surface area contributed by atoms with Crippen LogP contribution in [0.3, 0.4) is 0 Å². The Balaban J connectivity index is 1.62. The smallest absolute Gasteiger partial charge is 0.270 e. The summed E-state index contributed by atoms with van der Waals surface area (Å²) in [5, 5.41) is 8.83. The molecular formula is C25H35N5O2S. The molecule has 1 fully saturated rings. The van der Waals surface area contributed by atoms with E-state index in [0.29, 0.717) is 5.92 Å². The van der Waals surface area contributed by atoms with E-state index in [4.69, 9.17) is 0 Å². The van der Waals surface area contributed by atoms with Crippen LogP contribution in [0, 0.1) is 0 Å². The summed E-state index contributed by atoms with van der Waals surface area (Å²) in [6.07, 6.45) is 13.6. The van der Waals surface area contributed by atoms with Crippen molar-refractivity contribution in [3.05, 3.63) is 68.8 Å². The number of hydrogen-bond acceptors (Lipinski definition) is 4. The molecular weight excluding hydrogens is 434 g/mol. The molecule has 3 aromatic heterocycles. The Morgan fingerprint density at radius 1 is 1.18 bits per heavy atom. The maximum absolute atomic E-state index is 13.3. The second kappa shape index (κ2) is 8.97. The first-order valence-corrected chi connectivity index (χ1v) is 13.8. The van der Waals surface area contributed by atoms with Crippen LogP contribution < -0.4 is 11.1 Å². The second-order valence-corrected chi connectivity index (χ2v) is 12.4. The predicted octanol–water partition coefficient (Wildman–Crippen LogP) is 3.94. The average Bonchev–Trinajstić information content (AvgIpc) is 3.47. The van der Waals surface area contributed by atoms with Gasteiger partial charge in [0.15, 0.2) is 0 Å². The Bertz CT molecular complexity index is 1250. The van der Waals surface area contributed by atoms with Crippen molar-refractivity contribution in [2.75, 3.05) is 12.5 Å². The topological polar surface area (TPSA) is 74.7 Å². The van der Waals surface area contributed by atoms with Crippen LogP contribution >= 0.6 is 10.9 Å². The summed E-state index contributed by atoms with van der Waals surface area (Å²) in [4.78, 5) is 27.0. The fourth-order valence-electron chi connectivity index (χ4n) is 4.31. The number of pyridine rings is 1. The monoisotopic (exact) mass is 469 g/mol. The molecule has 0 amide bonds. The molecule has 1 aliphatic rings. The van der Waals surface area contributed by atoms with Crippen molar-refractivity contribution >= 4 is 10.9 Å². The van der Waals surface area contributed by atoms with E-state index in [1.807, 2.05) is 35.2 Å². The molecule has 1 atom stereocenters. The molecule has 1 unspecified atom stereocenters. The summed E-state index contributed by atoms with van der Waals surface area (Å²) in [6.45, 7) is 6.33. The lowest BCUT2D eigenvalue weighted by Gasteiger charge is -2.28. The number of aromatic nitrogens is 5. The molecule has 0 aliphatic heterocycles. The summed E-state index contributed by atoms with van der Waals surface area (Å²) in [6, 6.07) is 5.87. The maximum Gasteiger partial charge on any atom is 0.270 e. The minimum Gasteiger partial charge on any atom is -0.310 e. The van der Waals surface area contributed by atoms with Gasteiger partial charge >= 0.3 is 0 Å². The molecule has 0 N–H and O–H groups in total. The van der Waals surface area contributed by atoms with Gasteiger partial charge in [0.2, 0.25) is 0 Å². The average molecular weight is 470 g/mol. The lowest BCUT2D eigenvalue weighted by Crippen LogP contribution is -2.34. The van der Waals surface area contributed by atoms with Gasteiger partial charge in [-0.1, -0.05) is 13.8 Å². The van der Waals surface area contributed by atoms with E-state index in [2.05, 4.69) is 43.5 Å². The lowest BCUT2D eigenvalue weighted by molar-refractivity contribution is 0.382. The summed E-state index contributed by atoms with van der Waals surface area (Å²) in [5.41, 5.74) is 2.47. The van der Waals surface area contributed by atoms with Gasteiger partial charge in [-0.2, -0.15) is 10.2 Å². The molecule has 0 bridgehead atoms. The zero-order valence-electron chi connectivity index (χ0n) is 20.4. The van der Waals surface area contributed by atoms with E-state index < -0.39 is 10.9 Å². The Morgan fingerprint density at radius 3 is 2.52 bits per heavy atom. The first-order valence-electron chi connectivity index (χ1n) is 11.6. The van der Waals surface area contributed by atoms with Gasteiger partial charge in [-0.3, -0.25) is 9.59 Å². The van der Waals surface area contributed by atoms with Crippen LogP contribution in [0.1, 0.15) is 69.7 Å². The first kappa shape index (κ1) is 23.5. The number of hydrogen-bond donors (Lipinski definition) is 1. The molecule has 7 nitrogen and oxygen atoms in total. The van der Waals surface area contributed by atoms with Crippen LogP contribution in [-0.4, -0.2) is 36.6 Å². The van der Waals surface area contributed by atoms with Crippen molar-refractivity contribution in [1.82, 2.24) is 24.1 Å². The van der Waals surface area contributed by atoms with E-state index in [-0.39, 0.29) is 22.6 Å². The van der Waals surface area contributed by atoms with Crippen molar-refractivity contribution in [3.63, 3.8) is 0 Å². The van der Waals surface area contributed by atoms with E-state index >= 15 is 0 Å². The molecule has 0 aromatic carbocycles. The van der Waals surface area contributed by atoms with Gasteiger partial charge in [0.1, 0.15) is 0 Å².